The second kappa shape index (κ2) is 9.02. The van der Waals surface area contributed by atoms with Crippen LogP contribution < -0.4 is 24.0 Å². The van der Waals surface area contributed by atoms with Gasteiger partial charge < -0.3 is 4.18 Å². The molecule has 1 radical (unpaired) electrons. The Kier molecular flexibility index (Phi) is 6.20. The van der Waals surface area contributed by atoms with E-state index in [9.17, 15) is 8.42 Å². The number of hydrogen-bond acceptors (Lipinski definition) is 3. The fourth-order valence-corrected chi connectivity index (χ4v) is 9.39. The van der Waals surface area contributed by atoms with E-state index >= 15 is 0 Å². The molecule has 0 amide bonds. The maximum absolute atomic E-state index is 12.6. The van der Waals surface area contributed by atoms with Gasteiger partial charge in [-0.05, 0) is 67.6 Å². The van der Waals surface area contributed by atoms with Crippen LogP contribution in [0, 0.1) is 17.6 Å². The molecule has 0 saturated heterocycles. The van der Waals surface area contributed by atoms with Crippen LogP contribution in [0.4, 0.5) is 0 Å². The summed E-state index contributed by atoms with van der Waals surface area (Å²) in [7, 11) is -3.85. The van der Waals surface area contributed by atoms with E-state index in [1.54, 1.807) is 36.4 Å². The highest BCUT2D eigenvalue weighted by Crippen LogP contribution is 2.18. The molecular formula is C25H21IO3S+. The quantitative estimate of drug-likeness (QED) is 0.285. The molecule has 0 N–H and O–H groups in total. The number of halogens is 1. The van der Waals surface area contributed by atoms with Gasteiger partial charge in [-0.15, -0.1) is 0 Å². The summed E-state index contributed by atoms with van der Waals surface area (Å²) in [5.41, 5.74) is 0.997. The maximum atomic E-state index is 12.6. The van der Waals surface area contributed by atoms with Gasteiger partial charge in [0.25, 0.3) is 0 Å². The zero-order valence-corrected chi connectivity index (χ0v) is 19.4. The molecule has 4 aromatic carbocycles. The molecule has 30 heavy (non-hydrogen) atoms. The first-order valence-electron chi connectivity index (χ1n) is 9.44. The van der Waals surface area contributed by atoms with Gasteiger partial charge in [-0.25, -0.2) is 0 Å². The summed E-state index contributed by atoms with van der Waals surface area (Å²) in [5.74, 6) is 0.316. The Labute approximate surface area is 184 Å². The predicted octanol–water partition coefficient (Wildman–Crippen LogP) is 2.30. The van der Waals surface area contributed by atoms with Crippen LogP contribution in [0.5, 0.6) is 5.75 Å². The molecule has 0 atom stereocenters. The van der Waals surface area contributed by atoms with Crippen molar-refractivity contribution in [3.63, 3.8) is 0 Å². The molecule has 0 unspecified atom stereocenters. The van der Waals surface area contributed by atoms with Gasteiger partial charge in [0, 0.05) is 0 Å². The third-order valence-corrected chi connectivity index (χ3v) is 11.6. The van der Waals surface area contributed by atoms with E-state index in [2.05, 4.69) is 48.5 Å². The molecule has 0 aliphatic rings. The first kappa shape index (κ1) is 20.6. The van der Waals surface area contributed by atoms with E-state index in [-0.39, 0.29) is 4.90 Å². The van der Waals surface area contributed by atoms with Gasteiger partial charge in [0.1, 0.15) is 10.6 Å². The Morgan fingerprint density at radius 2 is 1.07 bits per heavy atom. The SMILES string of the molecule is Cc1ccc(S(=O)(=O)Oc2ccc([I+](c3ccccc3)c3ccccc3)cc2)cc1. The second-order valence-electron chi connectivity index (χ2n) is 6.68. The second-order valence-corrected chi connectivity index (χ2v) is 13.6. The monoisotopic (exact) mass is 528 g/mol. The van der Waals surface area contributed by atoms with Crippen molar-refractivity contribution in [1.82, 2.24) is 0 Å². The molecule has 0 aliphatic carbocycles. The standard InChI is InChI=1S/C25H21IO3S/c1-20-12-18-25(19-13-20)30(27,28)29-24-16-14-23(15-17-24)26(21-8-4-2-5-9-21)22-10-6-3-7-11-22/h2-19H,1H3/q+1. The molecule has 0 bridgehead atoms. The summed E-state index contributed by atoms with van der Waals surface area (Å²) in [6, 6.07) is 35.1. The molecule has 0 fully saturated rings. The molecule has 0 aromatic heterocycles. The Hall–Kier alpha value is -2.64. The summed E-state index contributed by atoms with van der Waals surface area (Å²) in [6.45, 7) is 1.91. The zero-order valence-electron chi connectivity index (χ0n) is 16.4. The van der Waals surface area contributed by atoms with E-state index in [0.29, 0.717) is 5.75 Å². The zero-order chi connectivity index (χ0) is 21.0. The van der Waals surface area contributed by atoms with Crippen LogP contribution in [0.1, 0.15) is 5.56 Å². The van der Waals surface area contributed by atoms with Crippen LogP contribution in [-0.4, -0.2) is 8.42 Å². The van der Waals surface area contributed by atoms with E-state index in [1.165, 1.54) is 10.7 Å². The molecule has 5 heteroatoms. The Bertz CT molecular complexity index is 1170. The minimum absolute atomic E-state index is 0.152. The summed E-state index contributed by atoms with van der Waals surface area (Å²) < 4.78 is 34.4. The lowest BCUT2D eigenvalue weighted by atomic mass is 10.2. The van der Waals surface area contributed by atoms with Crippen molar-refractivity contribution in [1.29, 1.82) is 0 Å². The van der Waals surface area contributed by atoms with Crippen LogP contribution in [0.3, 0.4) is 0 Å². The van der Waals surface area contributed by atoms with Crippen molar-refractivity contribution in [2.24, 2.45) is 0 Å². The number of aryl methyl sites for hydroxylation is 1. The Morgan fingerprint density at radius 1 is 0.600 bits per heavy atom. The fraction of sp³-hybridized carbons (Fsp3) is 0.0400. The Morgan fingerprint density at radius 3 is 1.57 bits per heavy atom. The van der Waals surface area contributed by atoms with Crippen LogP contribution in [0.15, 0.2) is 114 Å². The highest BCUT2D eigenvalue weighted by atomic mass is 127. The number of benzene rings is 4. The van der Waals surface area contributed by atoms with Gasteiger partial charge in [0.15, 0.2) is 30.5 Å². The van der Waals surface area contributed by atoms with Crippen molar-refractivity contribution in [3.8, 4) is 5.75 Å². The molecule has 0 spiro atoms. The smallest absolute Gasteiger partial charge is 0.339 e. The number of rotatable bonds is 6. The predicted molar refractivity (Wildman–Crippen MR) is 114 cm³/mol. The molecule has 151 valence electrons. The lowest BCUT2D eigenvalue weighted by Crippen LogP contribution is -3.85. The van der Waals surface area contributed by atoms with E-state index in [1.807, 2.05) is 31.2 Å². The molecule has 0 heterocycles. The highest BCUT2D eigenvalue weighted by molar-refractivity contribution is 7.87. The van der Waals surface area contributed by atoms with E-state index < -0.39 is 29.9 Å². The fourth-order valence-electron chi connectivity index (χ4n) is 2.96. The molecule has 4 aromatic rings. The first-order chi connectivity index (χ1) is 14.5. The third-order valence-electron chi connectivity index (χ3n) is 4.45. The van der Waals surface area contributed by atoms with Crippen molar-refractivity contribution >= 4 is 10.1 Å². The van der Waals surface area contributed by atoms with Gasteiger partial charge >= 0.3 is 10.1 Å². The molecular weight excluding hydrogens is 507 g/mol. The van der Waals surface area contributed by atoms with Crippen molar-refractivity contribution in [2.75, 3.05) is 0 Å². The minimum Gasteiger partial charge on any atom is -0.379 e. The van der Waals surface area contributed by atoms with E-state index in [0.717, 1.165) is 5.56 Å². The maximum Gasteiger partial charge on any atom is 0.339 e. The minimum atomic E-state index is -3.85. The van der Waals surface area contributed by atoms with Crippen molar-refractivity contribution in [3.05, 3.63) is 125 Å². The van der Waals surface area contributed by atoms with Crippen LogP contribution >= 0.6 is 0 Å². The molecule has 0 saturated carbocycles. The van der Waals surface area contributed by atoms with Crippen LogP contribution in [-0.2, 0) is 10.1 Å². The van der Waals surface area contributed by atoms with Crippen molar-refractivity contribution in [2.45, 2.75) is 11.8 Å². The van der Waals surface area contributed by atoms with Gasteiger partial charge in [0.05, 0.1) is 0 Å². The summed E-state index contributed by atoms with van der Waals surface area (Å²) in [5, 5.41) is 0. The number of hydrogen-bond donors (Lipinski definition) is 0. The first-order valence-corrected chi connectivity index (χ1v) is 14.1. The third kappa shape index (κ3) is 4.74. The summed E-state index contributed by atoms with van der Waals surface area (Å²) >= 11 is -1.87. The van der Waals surface area contributed by atoms with Gasteiger partial charge in [-0.2, -0.15) is 8.42 Å². The van der Waals surface area contributed by atoms with E-state index in [4.69, 9.17) is 4.18 Å². The normalized spacial score (nSPS) is 11.4. The average Bonchev–Trinajstić information content (AvgIpc) is 2.77. The lowest BCUT2D eigenvalue weighted by molar-refractivity contribution is -0.832. The highest BCUT2D eigenvalue weighted by Gasteiger charge is 2.30. The largest absolute Gasteiger partial charge is 0.379 e. The van der Waals surface area contributed by atoms with Gasteiger partial charge in [0.2, 0.25) is 0 Å². The molecule has 3 nitrogen and oxygen atoms in total. The average molecular weight is 528 g/mol. The lowest BCUT2D eigenvalue weighted by Gasteiger charge is -2.09. The summed E-state index contributed by atoms with van der Waals surface area (Å²) in [6.07, 6.45) is 0. The van der Waals surface area contributed by atoms with Crippen LogP contribution in [0.25, 0.3) is 0 Å². The molecule has 4 rings (SSSR count). The topological polar surface area (TPSA) is 43.4 Å². The molecule has 0 aliphatic heterocycles. The summed E-state index contributed by atoms with van der Waals surface area (Å²) in [4.78, 5) is 0.152. The van der Waals surface area contributed by atoms with Gasteiger partial charge in [-0.3, -0.25) is 0 Å². The van der Waals surface area contributed by atoms with Crippen LogP contribution in [0.2, 0.25) is 0 Å². The Balaban J connectivity index is 1.63. The van der Waals surface area contributed by atoms with Crippen molar-refractivity contribution < 1.29 is 32.4 Å². The van der Waals surface area contributed by atoms with Gasteiger partial charge in [-0.1, -0.05) is 54.1 Å².